The molecule has 488 valence electrons. The summed E-state index contributed by atoms with van der Waals surface area (Å²) in [5, 5.41) is 39.4. The predicted molar refractivity (Wildman–Crippen MR) is 324 cm³/mol. The molecule has 2 rings (SSSR count). The molecule has 1 aromatic rings. The van der Waals surface area contributed by atoms with E-state index in [9.17, 15) is 62.6 Å². The number of carbonyl (C=O) groups excluding carboxylic acids is 12. The molecular weight excluding hydrogens is 1130 g/mol. The van der Waals surface area contributed by atoms with Crippen molar-refractivity contribution in [2.45, 2.75) is 213 Å². The lowest BCUT2D eigenvalue weighted by Crippen LogP contribution is -2.63. The summed E-state index contributed by atoms with van der Waals surface area (Å²) in [6, 6.07) is -5.36. The van der Waals surface area contributed by atoms with Crippen molar-refractivity contribution in [2.24, 2.45) is 40.1 Å². The van der Waals surface area contributed by atoms with Crippen LogP contribution in [0.1, 0.15) is 140 Å². The number of amides is 11. The lowest BCUT2D eigenvalue weighted by molar-refractivity contribution is -0.157. The minimum atomic E-state index is -1.80. The number of hydrogen-bond acceptors (Lipinski definition) is 16. The third-order valence-electron chi connectivity index (χ3n) is 15.7. The largest absolute Gasteiger partial charge is 0.458 e. The van der Waals surface area contributed by atoms with Gasteiger partial charge in [0.2, 0.25) is 65.0 Å². The molecule has 0 aliphatic carbocycles. The zero-order chi connectivity index (χ0) is 65.8. The van der Waals surface area contributed by atoms with Crippen LogP contribution in [0.3, 0.4) is 0 Å². The van der Waals surface area contributed by atoms with E-state index < -0.39 is 168 Å². The Morgan fingerprint density at radius 1 is 0.632 bits per heavy atom. The highest BCUT2D eigenvalue weighted by molar-refractivity contribution is 5.99. The van der Waals surface area contributed by atoms with Gasteiger partial charge in [-0.3, -0.25) is 57.7 Å². The van der Waals surface area contributed by atoms with Crippen molar-refractivity contribution >= 4 is 76.8 Å². The van der Waals surface area contributed by atoms with Crippen molar-refractivity contribution in [1.29, 1.82) is 0 Å². The smallest absolute Gasteiger partial charge is 0.329 e. The number of esters is 1. The number of benzene rings is 1. The van der Waals surface area contributed by atoms with Crippen LogP contribution in [0.15, 0.2) is 35.3 Å². The van der Waals surface area contributed by atoms with E-state index in [-0.39, 0.29) is 38.1 Å². The lowest BCUT2D eigenvalue weighted by Gasteiger charge is -2.31. The average Bonchev–Trinajstić information content (AvgIpc) is 3.76. The first kappa shape index (κ1) is 75.3. The van der Waals surface area contributed by atoms with Gasteiger partial charge in [0.25, 0.3) is 0 Å². The summed E-state index contributed by atoms with van der Waals surface area (Å²) in [4.78, 5) is 169. The van der Waals surface area contributed by atoms with Crippen molar-refractivity contribution in [1.82, 2.24) is 58.5 Å². The second-order valence-electron chi connectivity index (χ2n) is 22.6. The molecule has 28 heteroatoms. The van der Waals surface area contributed by atoms with Gasteiger partial charge in [-0.2, -0.15) is 0 Å². The molecule has 1 aliphatic rings. The number of primary amides is 1. The van der Waals surface area contributed by atoms with Gasteiger partial charge in [-0.15, -0.1) is 0 Å². The van der Waals surface area contributed by atoms with Crippen LogP contribution < -0.4 is 70.0 Å². The zero-order valence-electron chi connectivity index (χ0n) is 52.8. The molecule has 87 heavy (non-hydrogen) atoms. The predicted octanol–water partition coefficient (Wildman–Crippen LogP) is -1.75. The minimum Gasteiger partial charge on any atom is -0.458 e. The van der Waals surface area contributed by atoms with Crippen LogP contribution in [0, 0.1) is 23.7 Å². The molecule has 28 nitrogen and oxygen atoms in total. The molecule has 1 aromatic carbocycles. The standard InChI is InChI=1S/C59H98N14O14/c1-14-30(5)44(70-53(80)41(62-13)28-38-22-19-18-20-23-38)55(82)64-34(9)50(77)67-40(25-26-43(61)75)52(79)69-46(32(7)16-3)57(84)71-45(31(6)15-2)56(83)68-42(29-74)54(81)73-48-36(11)87-59(86)47(33(8)17-4)72-51(78)39(24-21-27-63-37(12)60)66-49(76)35(10)65-58(48)85/h18-20,22-23,30-36,39-42,44-48,62,74H,14-17,21,24-29H2,1-13H3,(H2,60,63)(H2,61,75)(H,64,82)(H,65,85)(H,66,76)(H,67,77)(H,68,83)(H,69,79)(H,70,80)(H,71,84)(H,72,78)(H,73,81)/t30-,31-,32+,33-,34-,35-,36-,39-,40+,41+,42-,44-,45-,46+,47-,48+/m0/s1. The molecule has 0 aromatic heterocycles. The van der Waals surface area contributed by atoms with Crippen molar-refractivity contribution in [3.05, 3.63) is 35.9 Å². The van der Waals surface area contributed by atoms with Gasteiger partial charge in [0, 0.05) is 13.0 Å². The number of cyclic esters (lactones) is 1. The van der Waals surface area contributed by atoms with E-state index in [0.29, 0.717) is 37.9 Å². The van der Waals surface area contributed by atoms with Gasteiger partial charge in [-0.05, 0) is 89.7 Å². The maximum Gasteiger partial charge on any atom is 0.329 e. The first-order valence-corrected chi connectivity index (χ1v) is 30.1. The van der Waals surface area contributed by atoms with Gasteiger partial charge in [0.05, 0.1) is 18.5 Å². The van der Waals surface area contributed by atoms with E-state index in [1.165, 1.54) is 20.8 Å². The number of aliphatic hydroxyl groups is 1. The zero-order valence-corrected chi connectivity index (χ0v) is 52.8. The highest BCUT2D eigenvalue weighted by Crippen LogP contribution is 2.17. The third-order valence-corrected chi connectivity index (χ3v) is 15.7. The number of amidine groups is 1. The second-order valence-corrected chi connectivity index (χ2v) is 22.6. The number of ether oxygens (including phenoxy) is 1. The van der Waals surface area contributed by atoms with Gasteiger partial charge < -0.3 is 79.8 Å². The summed E-state index contributed by atoms with van der Waals surface area (Å²) in [6.45, 7) is 18.5. The quantitative estimate of drug-likeness (QED) is 0.0161. The third kappa shape index (κ3) is 24.5. The van der Waals surface area contributed by atoms with Crippen LogP contribution in [0.25, 0.3) is 0 Å². The Hall–Kier alpha value is -7.75. The van der Waals surface area contributed by atoms with Crippen LogP contribution in [0.4, 0.5) is 0 Å². The number of nitrogens with two attached hydrogens (primary N) is 2. The summed E-state index contributed by atoms with van der Waals surface area (Å²) in [5.41, 5.74) is 12.0. The Balaban J connectivity index is 2.38. The summed E-state index contributed by atoms with van der Waals surface area (Å²) >= 11 is 0. The fourth-order valence-corrected chi connectivity index (χ4v) is 9.09. The fraction of sp³-hybridized carbons (Fsp3) is 0.678. The van der Waals surface area contributed by atoms with Crippen molar-refractivity contribution in [2.75, 3.05) is 20.2 Å². The lowest BCUT2D eigenvalue weighted by atomic mass is 9.94. The Morgan fingerprint density at radius 3 is 1.66 bits per heavy atom. The van der Waals surface area contributed by atoms with E-state index in [2.05, 4.69) is 63.5 Å². The summed E-state index contributed by atoms with van der Waals surface area (Å²) in [6.07, 6.45) is -0.0105. The molecule has 1 heterocycles. The summed E-state index contributed by atoms with van der Waals surface area (Å²) < 4.78 is 5.72. The Kier molecular flexibility index (Phi) is 32.7. The molecular formula is C59H98N14O14. The number of aliphatic hydroxyl groups excluding tert-OH is 1. The molecule has 11 amide bonds. The maximum atomic E-state index is 14.4. The number of aliphatic imine (C=N–C) groups is 1. The van der Waals surface area contributed by atoms with Crippen LogP contribution >= 0.6 is 0 Å². The second kappa shape index (κ2) is 37.7. The number of rotatable bonds is 33. The SMILES string of the molecule is CC[C@@H](C)[C@@H](NC(=O)[C@@H](CCC(N)=O)NC(=O)[C@H](C)NC(=O)[C@@H](NC(=O)[C@@H](Cc1ccccc1)NC)[C@@H](C)CC)C(=O)N[C@H](C(=O)N[C@@H](CO)C(=O)N[C@H]1C(=O)N[C@@H](C)C(=O)N[C@@H](CCCN=C(C)N)C(=O)N[C@@H]([C@@H](C)CC)C(=O)O[C@H]1C)[C@@H](C)CC. The number of likely N-dealkylation sites (N-methyl/N-ethyl adjacent to an activating group) is 1. The molecule has 0 bridgehead atoms. The van der Waals surface area contributed by atoms with Crippen LogP contribution in [0.5, 0.6) is 0 Å². The molecule has 1 aliphatic heterocycles. The molecule has 1 fully saturated rings. The van der Waals surface area contributed by atoms with E-state index >= 15 is 0 Å². The molecule has 0 radical (unpaired) electrons. The van der Waals surface area contributed by atoms with E-state index in [1.54, 1.807) is 62.4 Å². The Labute approximate surface area is 510 Å². The molecule has 0 saturated carbocycles. The van der Waals surface area contributed by atoms with Crippen molar-refractivity contribution in [3.63, 3.8) is 0 Å². The number of hydrogen-bond donors (Lipinski definition) is 14. The summed E-state index contributed by atoms with van der Waals surface area (Å²) in [5.74, 6) is -12.0. The van der Waals surface area contributed by atoms with E-state index in [0.717, 1.165) is 5.56 Å². The van der Waals surface area contributed by atoms with Crippen LogP contribution in [-0.4, -0.2) is 175 Å². The topological polar surface area (TPSA) is 431 Å². The van der Waals surface area contributed by atoms with E-state index in [1.807, 2.05) is 37.3 Å². The van der Waals surface area contributed by atoms with Gasteiger partial charge in [-0.25, -0.2) is 4.79 Å². The molecule has 0 spiro atoms. The first-order chi connectivity index (χ1) is 41.0. The number of nitrogens with one attached hydrogen (secondary N) is 11. The highest BCUT2D eigenvalue weighted by Gasteiger charge is 2.41. The molecule has 1 saturated heterocycles. The van der Waals surface area contributed by atoms with Gasteiger partial charge in [0.15, 0.2) is 0 Å². The Morgan fingerprint density at radius 2 is 1.15 bits per heavy atom. The van der Waals surface area contributed by atoms with Gasteiger partial charge in [-0.1, -0.05) is 111 Å². The van der Waals surface area contributed by atoms with Gasteiger partial charge in [0.1, 0.15) is 66.5 Å². The van der Waals surface area contributed by atoms with Crippen LogP contribution in [0.2, 0.25) is 0 Å². The fourth-order valence-electron chi connectivity index (χ4n) is 9.09. The Bertz CT molecular complexity index is 2540. The number of nitrogens with zero attached hydrogens (tertiary/aromatic N) is 1. The average molecular weight is 1230 g/mol. The van der Waals surface area contributed by atoms with Crippen molar-refractivity contribution < 1.29 is 67.4 Å². The van der Waals surface area contributed by atoms with Crippen molar-refractivity contribution in [3.8, 4) is 0 Å². The molecule has 16 N–H and O–H groups in total. The monoisotopic (exact) mass is 1230 g/mol. The molecule has 16 atom stereocenters. The maximum absolute atomic E-state index is 14.4. The molecule has 0 unspecified atom stereocenters. The summed E-state index contributed by atoms with van der Waals surface area (Å²) in [7, 11) is 1.62. The first-order valence-electron chi connectivity index (χ1n) is 30.1. The minimum absolute atomic E-state index is 0.0858. The highest BCUT2D eigenvalue weighted by atomic mass is 16.5. The van der Waals surface area contributed by atoms with E-state index in [4.69, 9.17) is 16.2 Å². The normalized spacial score (nSPS) is 21.4. The van der Waals surface area contributed by atoms with Crippen LogP contribution in [-0.2, 0) is 68.7 Å². The number of carbonyl (C=O) groups is 12. The van der Waals surface area contributed by atoms with Gasteiger partial charge >= 0.3 is 5.97 Å².